The SMILES string of the molecule is OC(Br)CC(Br)(Br)Br. The number of aliphatic hydroxyl groups excluding tert-OH is 1. The highest BCUT2D eigenvalue weighted by Crippen LogP contribution is 2.38. The molecule has 1 N–H and O–H groups in total. The number of halogens is 4. The third-order valence-electron chi connectivity index (χ3n) is 0.400. The topological polar surface area (TPSA) is 20.2 Å². The molecule has 50 valence electrons. The van der Waals surface area contributed by atoms with Gasteiger partial charge in [0.05, 0.1) is 0 Å². The van der Waals surface area contributed by atoms with Crippen LogP contribution in [0.5, 0.6) is 0 Å². The van der Waals surface area contributed by atoms with Crippen molar-refractivity contribution in [2.45, 2.75) is 13.6 Å². The van der Waals surface area contributed by atoms with Gasteiger partial charge in [0.15, 0.2) is 0 Å². The Morgan fingerprint density at radius 1 is 1.38 bits per heavy atom. The van der Waals surface area contributed by atoms with Crippen molar-refractivity contribution in [3.05, 3.63) is 0 Å². The lowest BCUT2D eigenvalue weighted by Crippen LogP contribution is -2.07. The summed E-state index contributed by atoms with van der Waals surface area (Å²) in [5.41, 5.74) is 0. The van der Waals surface area contributed by atoms with Gasteiger partial charge in [0.1, 0.15) is 7.16 Å². The molecule has 8 heavy (non-hydrogen) atoms. The van der Waals surface area contributed by atoms with Gasteiger partial charge in [0.25, 0.3) is 0 Å². The van der Waals surface area contributed by atoms with Crippen molar-refractivity contribution in [2.24, 2.45) is 0 Å². The third-order valence-corrected chi connectivity index (χ3v) is 1.69. The van der Waals surface area contributed by atoms with E-state index in [0.29, 0.717) is 6.42 Å². The molecule has 0 bridgehead atoms. The van der Waals surface area contributed by atoms with Gasteiger partial charge in [-0.05, 0) is 0 Å². The molecule has 0 aliphatic heterocycles. The van der Waals surface area contributed by atoms with Crippen molar-refractivity contribution >= 4 is 63.7 Å². The lowest BCUT2D eigenvalue weighted by atomic mass is 10.5. The Labute approximate surface area is 81.7 Å². The Hall–Kier alpha value is 1.88. The highest BCUT2D eigenvalue weighted by atomic mass is 80.0. The van der Waals surface area contributed by atoms with Crippen LogP contribution in [0, 0.1) is 0 Å². The van der Waals surface area contributed by atoms with Crippen molar-refractivity contribution in [3.8, 4) is 0 Å². The summed E-state index contributed by atoms with van der Waals surface area (Å²) in [4.78, 5) is 0. The highest BCUT2D eigenvalue weighted by molar-refractivity contribution is 9.39. The molecule has 0 aromatic heterocycles. The fourth-order valence-electron chi connectivity index (χ4n) is 0.191. The quantitative estimate of drug-likeness (QED) is 0.699. The number of alkyl halides is 4. The summed E-state index contributed by atoms with van der Waals surface area (Å²) in [5.74, 6) is 0. The summed E-state index contributed by atoms with van der Waals surface area (Å²) in [6, 6.07) is 0. The van der Waals surface area contributed by atoms with Gasteiger partial charge in [-0.2, -0.15) is 0 Å². The van der Waals surface area contributed by atoms with E-state index >= 15 is 0 Å². The van der Waals surface area contributed by atoms with Crippen LogP contribution in [0.3, 0.4) is 0 Å². The number of aliphatic hydroxyl groups is 1. The summed E-state index contributed by atoms with van der Waals surface area (Å²) >= 11 is 12.6. The maximum atomic E-state index is 8.71. The molecule has 0 aliphatic rings. The van der Waals surface area contributed by atoms with Crippen molar-refractivity contribution in [1.29, 1.82) is 0 Å². The predicted octanol–water partition coefficient (Wildman–Crippen LogP) is 2.93. The van der Waals surface area contributed by atoms with E-state index in [4.69, 9.17) is 5.11 Å². The summed E-state index contributed by atoms with van der Waals surface area (Å²) < 4.78 is -0.337. The van der Waals surface area contributed by atoms with E-state index in [1.54, 1.807) is 0 Å². The van der Waals surface area contributed by atoms with Gasteiger partial charge in [-0.15, -0.1) is 0 Å². The first-order chi connectivity index (χ1) is 3.42. The zero-order valence-corrected chi connectivity index (χ0v) is 10.1. The maximum absolute atomic E-state index is 8.71. The Kier molecular flexibility index (Phi) is 4.83. The van der Waals surface area contributed by atoms with Crippen molar-refractivity contribution in [2.75, 3.05) is 0 Å². The molecule has 0 saturated heterocycles. The molecule has 1 unspecified atom stereocenters. The Morgan fingerprint density at radius 2 is 1.75 bits per heavy atom. The van der Waals surface area contributed by atoms with Gasteiger partial charge in [0.2, 0.25) is 0 Å². The lowest BCUT2D eigenvalue weighted by Gasteiger charge is -2.11. The highest BCUT2D eigenvalue weighted by Gasteiger charge is 2.20. The molecule has 0 aromatic carbocycles. The first kappa shape index (κ1) is 9.88. The van der Waals surface area contributed by atoms with E-state index in [-0.39, 0.29) is 2.14 Å². The Morgan fingerprint density at radius 3 is 1.75 bits per heavy atom. The molecule has 0 heterocycles. The average Bonchev–Trinajstić information content (AvgIpc) is 1.21. The zero-order valence-electron chi connectivity index (χ0n) is 3.74. The first-order valence-corrected chi connectivity index (χ1v) is 5.10. The largest absolute Gasteiger partial charge is 0.382 e. The Bertz CT molecular complexity index is 66.2. The zero-order chi connectivity index (χ0) is 6.78. The minimum Gasteiger partial charge on any atom is -0.382 e. The van der Waals surface area contributed by atoms with Crippen LogP contribution in [0.1, 0.15) is 6.42 Å². The number of hydrogen-bond donors (Lipinski definition) is 1. The van der Waals surface area contributed by atoms with Gasteiger partial charge < -0.3 is 5.11 Å². The third kappa shape index (κ3) is 7.88. The van der Waals surface area contributed by atoms with Crippen LogP contribution >= 0.6 is 63.7 Å². The van der Waals surface area contributed by atoms with Crippen LogP contribution in [0.25, 0.3) is 0 Å². The minimum atomic E-state index is -0.486. The van der Waals surface area contributed by atoms with E-state index in [2.05, 4.69) is 63.7 Å². The van der Waals surface area contributed by atoms with Gasteiger partial charge in [-0.25, -0.2) is 0 Å². The lowest BCUT2D eigenvalue weighted by molar-refractivity contribution is 0.264. The van der Waals surface area contributed by atoms with Crippen molar-refractivity contribution in [1.82, 2.24) is 0 Å². The second-order valence-electron chi connectivity index (χ2n) is 1.25. The van der Waals surface area contributed by atoms with E-state index < -0.39 is 5.01 Å². The van der Waals surface area contributed by atoms with Crippen LogP contribution in [0.15, 0.2) is 0 Å². The fourth-order valence-corrected chi connectivity index (χ4v) is 2.90. The molecule has 0 rings (SSSR count). The van der Waals surface area contributed by atoms with E-state index in [0.717, 1.165) is 0 Å². The molecule has 0 fully saturated rings. The molecular weight excluding hydrogens is 372 g/mol. The second kappa shape index (κ2) is 3.91. The first-order valence-electron chi connectivity index (χ1n) is 1.81. The Balaban J connectivity index is 3.39. The molecule has 0 radical (unpaired) electrons. The van der Waals surface area contributed by atoms with E-state index in [9.17, 15) is 0 Å². The van der Waals surface area contributed by atoms with Crippen LogP contribution in [0.2, 0.25) is 0 Å². The average molecular weight is 376 g/mol. The molecular formula is C3H4Br4O. The summed E-state index contributed by atoms with van der Waals surface area (Å²) in [6.07, 6.45) is 0.549. The molecule has 1 nitrogen and oxygen atoms in total. The number of hydrogen-bond acceptors (Lipinski definition) is 1. The maximum Gasteiger partial charge on any atom is 0.138 e. The normalized spacial score (nSPS) is 16.1. The van der Waals surface area contributed by atoms with Gasteiger partial charge in [-0.3, -0.25) is 0 Å². The fraction of sp³-hybridized carbons (Fsp3) is 1.00. The van der Waals surface area contributed by atoms with Gasteiger partial charge in [-0.1, -0.05) is 63.7 Å². The molecule has 0 aromatic rings. The van der Waals surface area contributed by atoms with Crippen LogP contribution < -0.4 is 0 Å². The van der Waals surface area contributed by atoms with Gasteiger partial charge >= 0.3 is 0 Å². The van der Waals surface area contributed by atoms with Crippen LogP contribution in [-0.2, 0) is 0 Å². The smallest absolute Gasteiger partial charge is 0.138 e. The molecule has 0 aliphatic carbocycles. The summed E-state index contributed by atoms with van der Waals surface area (Å²) in [6.45, 7) is 0. The van der Waals surface area contributed by atoms with E-state index in [1.165, 1.54) is 0 Å². The van der Waals surface area contributed by atoms with Gasteiger partial charge in [0, 0.05) is 6.42 Å². The van der Waals surface area contributed by atoms with Crippen molar-refractivity contribution < 1.29 is 5.11 Å². The predicted molar refractivity (Wildman–Crippen MR) is 49.1 cm³/mol. The standard InChI is InChI=1S/C3H4Br4O/c4-2(8)1-3(5,6)7/h2,8H,1H2. The van der Waals surface area contributed by atoms with E-state index in [1.807, 2.05) is 0 Å². The molecule has 0 spiro atoms. The van der Waals surface area contributed by atoms with Crippen LogP contribution in [-0.4, -0.2) is 12.3 Å². The summed E-state index contributed by atoms with van der Waals surface area (Å²) in [7, 11) is 0. The summed E-state index contributed by atoms with van der Waals surface area (Å²) in [5, 5.41) is 8.23. The second-order valence-corrected chi connectivity index (χ2v) is 9.56. The van der Waals surface area contributed by atoms with Crippen LogP contribution in [0.4, 0.5) is 0 Å². The molecule has 0 amide bonds. The molecule has 0 saturated carbocycles. The number of rotatable bonds is 1. The molecule has 5 heteroatoms. The van der Waals surface area contributed by atoms with Crippen molar-refractivity contribution in [3.63, 3.8) is 0 Å². The molecule has 1 atom stereocenters. The minimum absolute atomic E-state index is 0.337. The monoisotopic (exact) mass is 372 g/mol.